The molecule has 4 heterocycles. The number of halogens is 2. The molecule has 4 aromatic rings. The van der Waals surface area contributed by atoms with Gasteiger partial charge >= 0.3 is 0 Å². The highest BCUT2D eigenvalue weighted by atomic mass is 35.5. The van der Waals surface area contributed by atoms with Gasteiger partial charge in [0.1, 0.15) is 16.8 Å². The van der Waals surface area contributed by atoms with Crippen molar-refractivity contribution in [3.05, 3.63) is 64.7 Å². The van der Waals surface area contributed by atoms with Crippen LogP contribution >= 0.6 is 23.2 Å². The van der Waals surface area contributed by atoms with E-state index >= 15 is 0 Å². The Balaban J connectivity index is 1.26. The number of hydrogen-bond donors (Lipinski definition) is 0. The smallest absolute Gasteiger partial charge is 0.163 e. The van der Waals surface area contributed by atoms with Crippen molar-refractivity contribution >= 4 is 45.3 Å². The van der Waals surface area contributed by atoms with E-state index in [4.69, 9.17) is 32.7 Å². The molecular weight excluding hydrogens is 459 g/mol. The summed E-state index contributed by atoms with van der Waals surface area (Å²) < 4.78 is 15.0. The van der Waals surface area contributed by atoms with Crippen molar-refractivity contribution in [1.82, 2.24) is 19.5 Å². The molecule has 8 heteroatoms. The van der Waals surface area contributed by atoms with Crippen LogP contribution in [0.25, 0.3) is 22.1 Å². The van der Waals surface area contributed by atoms with Crippen LogP contribution in [0.3, 0.4) is 0 Å². The molecule has 1 aliphatic heterocycles. The first kappa shape index (κ1) is 21.3. The minimum absolute atomic E-state index is 0.0122. The lowest BCUT2D eigenvalue weighted by atomic mass is 9.95. The summed E-state index contributed by atoms with van der Waals surface area (Å²) in [7, 11) is 0. The molecule has 170 valence electrons. The molecule has 6 nitrogen and oxygen atoms in total. The van der Waals surface area contributed by atoms with Gasteiger partial charge in [-0.15, -0.1) is 0 Å². The molecule has 1 aromatic carbocycles. The predicted octanol–water partition coefficient (Wildman–Crippen LogP) is 6.00. The molecular formula is C25H24Cl2N4O2. The lowest BCUT2D eigenvalue weighted by Gasteiger charge is -2.24. The Bertz CT molecular complexity index is 1360. The summed E-state index contributed by atoms with van der Waals surface area (Å²) in [5.74, 6) is -0.225. The van der Waals surface area contributed by atoms with Gasteiger partial charge < -0.3 is 14.0 Å². The summed E-state index contributed by atoms with van der Waals surface area (Å²) >= 11 is 12.2. The monoisotopic (exact) mass is 482 g/mol. The Morgan fingerprint density at radius 2 is 1.85 bits per heavy atom. The van der Waals surface area contributed by atoms with Crippen LogP contribution in [0.5, 0.6) is 0 Å². The average molecular weight is 483 g/mol. The Kier molecular flexibility index (Phi) is 5.11. The summed E-state index contributed by atoms with van der Waals surface area (Å²) in [6.45, 7) is 3.99. The molecule has 0 spiro atoms. The van der Waals surface area contributed by atoms with Crippen molar-refractivity contribution < 1.29 is 9.47 Å². The van der Waals surface area contributed by atoms with Crippen molar-refractivity contribution in [2.24, 2.45) is 5.92 Å². The molecule has 6 rings (SSSR count). The third-order valence-electron chi connectivity index (χ3n) is 6.85. The van der Waals surface area contributed by atoms with Gasteiger partial charge in [0.2, 0.25) is 0 Å². The van der Waals surface area contributed by atoms with Gasteiger partial charge in [-0.2, -0.15) is 0 Å². The van der Waals surface area contributed by atoms with Gasteiger partial charge in [0.15, 0.2) is 11.4 Å². The van der Waals surface area contributed by atoms with Gasteiger partial charge in [-0.25, -0.2) is 9.97 Å². The topological polar surface area (TPSA) is 62.1 Å². The van der Waals surface area contributed by atoms with E-state index in [2.05, 4.69) is 43.9 Å². The number of aromatic nitrogens is 4. The van der Waals surface area contributed by atoms with Crippen LogP contribution in [0.2, 0.25) is 10.2 Å². The molecule has 3 aromatic heterocycles. The van der Waals surface area contributed by atoms with Crippen LogP contribution in [-0.2, 0) is 15.9 Å². The molecule has 0 amide bonds. The highest BCUT2D eigenvalue weighted by Gasteiger charge is 2.54. The molecule has 2 aliphatic rings. The van der Waals surface area contributed by atoms with Crippen molar-refractivity contribution in [2.75, 3.05) is 0 Å². The van der Waals surface area contributed by atoms with E-state index in [1.807, 2.05) is 26.0 Å². The van der Waals surface area contributed by atoms with Crippen LogP contribution in [0.1, 0.15) is 38.3 Å². The molecule has 33 heavy (non-hydrogen) atoms. The second-order valence-electron chi connectivity index (χ2n) is 9.44. The maximum Gasteiger partial charge on any atom is 0.163 e. The fraction of sp³-hybridized carbons (Fsp3) is 0.400. The normalized spacial score (nSPS) is 26.3. The van der Waals surface area contributed by atoms with Gasteiger partial charge in [-0.3, -0.25) is 4.98 Å². The van der Waals surface area contributed by atoms with Crippen molar-refractivity contribution in [3.63, 3.8) is 0 Å². The molecule has 1 saturated heterocycles. The SMILES string of the molecule is CC1(C)O[C@@H]2[C@@H](CCc3ccc4cc(Cl)c(Cl)nc4c3)C[C@@H](n3ccc4nccnc43)[C@@H]2O1. The molecule has 1 aliphatic carbocycles. The van der Waals surface area contributed by atoms with Crippen LogP contribution in [0.15, 0.2) is 48.9 Å². The maximum atomic E-state index is 6.40. The van der Waals surface area contributed by atoms with Gasteiger partial charge in [0.25, 0.3) is 0 Å². The first-order chi connectivity index (χ1) is 15.9. The second kappa shape index (κ2) is 7.91. The van der Waals surface area contributed by atoms with Crippen LogP contribution < -0.4 is 0 Å². The number of pyridine rings is 1. The predicted molar refractivity (Wildman–Crippen MR) is 129 cm³/mol. The Hall–Kier alpha value is -2.25. The molecule has 2 fully saturated rings. The highest BCUT2D eigenvalue weighted by Crippen LogP contribution is 2.49. The lowest BCUT2D eigenvalue weighted by molar-refractivity contribution is -0.160. The van der Waals surface area contributed by atoms with E-state index in [0.29, 0.717) is 16.1 Å². The van der Waals surface area contributed by atoms with Gasteiger partial charge in [0, 0.05) is 24.0 Å². The molecule has 1 saturated carbocycles. The van der Waals surface area contributed by atoms with E-state index in [0.717, 1.165) is 41.3 Å². The Morgan fingerprint density at radius 3 is 2.73 bits per heavy atom. The van der Waals surface area contributed by atoms with Gasteiger partial charge in [0.05, 0.1) is 22.7 Å². The second-order valence-corrected chi connectivity index (χ2v) is 10.2. The molecule has 0 bridgehead atoms. The number of ether oxygens (including phenoxy) is 2. The molecule has 4 atom stereocenters. The van der Waals surface area contributed by atoms with Crippen molar-refractivity contribution in [1.29, 1.82) is 0 Å². The van der Waals surface area contributed by atoms with Crippen molar-refractivity contribution in [2.45, 2.75) is 57.1 Å². The number of benzene rings is 1. The van der Waals surface area contributed by atoms with Crippen molar-refractivity contribution in [3.8, 4) is 0 Å². The Morgan fingerprint density at radius 1 is 1.03 bits per heavy atom. The van der Waals surface area contributed by atoms with E-state index in [1.165, 1.54) is 5.56 Å². The van der Waals surface area contributed by atoms with Gasteiger partial charge in [-0.1, -0.05) is 35.3 Å². The fourth-order valence-corrected chi connectivity index (χ4v) is 5.74. The van der Waals surface area contributed by atoms with Crippen LogP contribution in [0.4, 0.5) is 0 Å². The number of hydrogen-bond acceptors (Lipinski definition) is 5. The zero-order valence-electron chi connectivity index (χ0n) is 18.4. The van der Waals surface area contributed by atoms with E-state index in [1.54, 1.807) is 12.4 Å². The largest absolute Gasteiger partial charge is 0.344 e. The first-order valence-corrected chi connectivity index (χ1v) is 12.0. The lowest BCUT2D eigenvalue weighted by Crippen LogP contribution is -2.27. The average Bonchev–Trinajstić information content (AvgIpc) is 3.44. The summed E-state index contributed by atoms with van der Waals surface area (Å²) in [6.07, 6.45) is 8.47. The van der Waals surface area contributed by atoms with Crippen LogP contribution in [-0.4, -0.2) is 37.5 Å². The molecule has 0 radical (unpaired) electrons. The van der Waals surface area contributed by atoms with E-state index in [-0.39, 0.29) is 18.2 Å². The summed E-state index contributed by atoms with van der Waals surface area (Å²) in [4.78, 5) is 13.4. The third-order valence-corrected chi connectivity index (χ3v) is 7.52. The maximum absolute atomic E-state index is 6.40. The quantitative estimate of drug-likeness (QED) is 0.333. The zero-order chi connectivity index (χ0) is 22.7. The standard InChI is InChI=1S/C25H24Cl2N4O2/c1-25(2)32-21-16(6-4-14-3-5-15-12-17(26)23(27)30-19(15)11-14)13-20(22(21)33-25)31-10-7-18-24(31)29-9-8-28-18/h3,5,7-12,16,20-22H,4,6,13H2,1-2H3/t16-,20+,21+,22-/m0/s1. The zero-order valence-corrected chi connectivity index (χ0v) is 19.9. The summed E-state index contributed by atoms with van der Waals surface area (Å²) in [5.41, 5.74) is 3.89. The minimum Gasteiger partial charge on any atom is -0.344 e. The van der Waals surface area contributed by atoms with E-state index in [9.17, 15) is 0 Å². The third kappa shape index (κ3) is 3.79. The van der Waals surface area contributed by atoms with Crippen LogP contribution in [0, 0.1) is 5.92 Å². The fourth-order valence-electron chi connectivity index (χ4n) is 5.43. The number of aryl methyl sites for hydroxylation is 1. The Labute approximate surface area is 201 Å². The van der Waals surface area contributed by atoms with E-state index < -0.39 is 5.79 Å². The highest BCUT2D eigenvalue weighted by molar-refractivity contribution is 6.41. The number of nitrogens with zero attached hydrogens (tertiary/aromatic N) is 4. The first-order valence-electron chi connectivity index (χ1n) is 11.3. The molecule has 0 N–H and O–H groups in total. The van der Waals surface area contributed by atoms with Gasteiger partial charge in [-0.05, 0) is 62.8 Å². The summed E-state index contributed by atoms with van der Waals surface area (Å²) in [5, 5.41) is 1.80. The number of fused-ring (bicyclic) bond motifs is 3. The summed E-state index contributed by atoms with van der Waals surface area (Å²) in [6, 6.07) is 10.3. The number of rotatable bonds is 4. The molecule has 0 unspecified atom stereocenters. The minimum atomic E-state index is -0.593.